The van der Waals surface area contributed by atoms with E-state index in [1.54, 1.807) is 6.92 Å². The average Bonchev–Trinajstić information content (AvgIpc) is 2.87. The van der Waals surface area contributed by atoms with Crippen LogP contribution in [0.3, 0.4) is 0 Å². The summed E-state index contributed by atoms with van der Waals surface area (Å²) in [5.74, 6) is -10.9. The van der Waals surface area contributed by atoms with Gasteiger partial charge in [-0.05, 0) is 6.42 Å². The van der Waals surface area contributed by atoms with E-state index in [4.69, 9.17) is 5.11 Å². The third-order valence-corrected chi connectivity index (χ3v) is 2.85. The molecule has 1 aromatic carbocycles. The van der Waals surface area contributed by atoms with Gasteiger partial charge in [0.15, 0.2) is 34.9 Å². The van der Waals surface area contributed by atoms with Gasteiger partial charge in [0, 0.05) is 6.54 Å². The fraction of sp³-hybridized carbons (Fsp3) is 0.333. The number of aliphatic hydroxyl groups is 1. The molecular formula is C12H10F5N3O. The molecule has 1 aromatic heterocycles. The first kappa shape index (κ1) is 15.4. The highest BCUT2D eigenvalue weighted by molar-refractivity contribution is 5.58. The van der Waals surface area contributed by atoms with Crippen LogP contribution in [-0.4, -0.2) is 19.9 Å². The van der Waals surface area contributed by atoms with Crippen LogP contribution < -0.4 is 0 Å². The Morgan fingerprint density at radius 2 is 1.43 bits per heavy atom. The third-order valence-electron chi connectivity index (χ3n) is 2.85. The van der Waals surface area contributed by atoms with Crippen LogP contribution >= 0.6 is 0 Å². The molecule has 21 heavy (non-hydrogen) atoms. The lowest BCUT2D eigenvalue weighted by Crippen LogP contribution is -2.10. The highest BCUT2D eigenvalue weighted by atomic mass is 19.2. The van der Waals surface area contributed by atoms with Crippen LogP contribution in [0.2, 0.25) is 0 Å². The first-order valence-electron chi connectivity index (χ1n) is 5.98. The van der Waals surface area contributed by atoms with E-state index < -0.39 is 47.1 Å². The first-order chi connectivity index (χ1) is 9.93. The lowest BCUT2D eigenvalue weighted by Gasteiger charge is -2.10. The molecule has 114 valence electrons. The lowest BCUT2D eigenvalue weighted by atomic mass is 10.1. The quantitative estimate of drug-likeness (QED) is 0.536. The standard InChI is InChI=1S/C12H10F5N3O/c1-2-3-20-5(4-21)18-19-12(20)6-7(13)9(15)11(17)10(16)8(6)14/h21H,2-4H2,1H3. The smallest absolute Gasteiger partial charge is 0.200 e. The largest absolute Gasteiger partial charge is 0.388 e. The van der Waals surface area contributed by atoms with Gasteiger partial charge in [0.2, 0.25) is 5.82 Å². The van der Waals surface area contributed by atoms with E-state index in [0.717, 1.165) is 4.57 Å². The third kappa shape index (κ3) is 2.37. The van der Waals surface area contributed by atoms with E-state index >= 15 is 0 Å². The van der Waals surface area contributed by atoms with Crippen LogP contribution in [0.5, 0.6) is 0 Å². The fourth-order valence-corrected chi connectivity index (χ4v) is 1.90. The van der Waals surface area contributed by atoms with Gasteiger partial charge in [0.1, 0.15) is 6.61 Å². The van der Waals surface area contributed by atoms with E-state index in [0.29, 0.717) is 6.42 Å². The summed E-state index contributed by atoms with van der Waals surface area (Å²) < 4.78 is 68.1. The number of hydrogen-bond donors (Lipinski definition) is 1. The normalized spacial score (nSPS) is 11.2. The zero-order valence-electron chi connectivity index (χ0n) is 10.8. The molecule has 0 unspecified atom stereocenters. The lowest BCUT2D eigenvalue weighted by molar-refractivity contribution is 0.264. The summed E-state index contributed by atoms with van der Waals surface area (Å²) in [6, 6.07) is 0. The van der Waals surface area contributed by atoms with Gasteiger partial charge in [0.05, 0.1) is 5.56 Å². The molecule has 0 aliphatic carbocycles. The second-order valence-electron chi connectivity index (χ2n) is 4.19. The monoisotopic (exact) mass is 307 g/mol. The highest BCUT2D eigenvalue weighted by Crippen LogP contribution is 2.30. The molecule has 0 aliphatic heterocycles. The van der Waals surface area contributed by atoms with Crippen LogP contribution in [0.4, 0.5) is 22.0 Å². The van der Waals surface area contributed by atoms with E-state index in [9.17, 15) is 22.0 Å². The molecule has 2 aromatic rings. The zero-order valence-corrected chi connectivity index (χ0v) is 10.8. The SMILES string of the molecule is CCCn1c(CO)nnc1-c1c(F)c(F)c(F)c(F)c1F. The predicted molar refractivity (Wildman–Crippen MR) is 61.5 cm³/mol. The van der Waals surface area contributed by atoms with Crippen molar-refractivity contribution in [3.05, 3.63) is 34.9 Å². The Morgan fingerprint density at radius 1 is 0.905 bits per heavy atom. The van der Waals surface area contributed by atoms with Crippen LogP contribution in [0.1, 0.15) is 19.2 Å². The Morgan fingerprint density at radius 3 is 1.90 bits per heavy atom. The number of halogens is 5. The molecule has 1 N–H and O–H groups in total. The van der Waals surface area contributed by atoms with Crippen molar-refractivity contribution in [3.8, 4) is 11.4 Å². The minimum absolute atomic E-state index is 0.0317. The molecule has 0 saturated carbocycles. The molecule has 2 rings (SSSR count). The number of hydrogen-bond acceptors (Lipinski definition) is 3. The molecule has 0 aliphatic rings. The summed E-state index contributed by atoms with van der Waals surface area (Å²) in [7, 11) is 0. The summed E-state index contributed by atoms with van der Waals surface area (Å²) >= 11 is 0. The maximum atomic E-state index is 13.8. The van der Waals surface area contributed by atoms with Crippen molar-refractivity contribution in [2.75, 3.05) is 0 Å². The van der Waals surface area contributed by atoms with Crippen molar-refractivity contribution in [3.63, 3.8) is 0 Å². The Labute approximate surface area is 115 Å². The van der Waals surface area contributed by atoms with Gasteiger partial charge in [-0.25, -0.2) is 22.0 Å². The predicted octanol–water partition coefficient (Wildman–Crippen LogP) is 2.54. The molecule has 0 bridgehead atoms. The fourth-order valence-electron chi connectivity index (χ4n) is 1.90. The van der Waals surface area contributed by atoms with Crippen molar-refractivity contribution in [2.45, 2.75) is 26.5 Å². The first-order valence-corrected chi connectivity index (χ1v) is 5.98. The average molecular weight is 307 g/mol. The molecule has 4 nitrogen and oxygen atoms in total. The van der Waals surface area contributed by atoms with Gasteiger partial charge in [0.25, 0.3) is 0 Å². The molecule has 0 atom stereocenters. The van der Waals surface area contributed by atoms with Crippen LogP contribution in [-0.2, 0) is 13.2 Å². The Kier molecular flexibility index (Phi) is 4.21. The molecule has 0 saturated heterocycles. The van der Waals surface area contributed by atoms with Gasteiger partial charge >= 0.3 is 0 Å². The van der Waals surface area contributed by atoms with Gasteiger partial charge in [-0.1, -0.05) is 6.92 Å². The van der Waals surface area contributed by atoms with Crippen molar-refractivity contribution in [2.24, 2.45) is 0 Å². The van der Waals surface area contributed by atoms with Crippen LogP contribution in [0.25, 0.3) is 11.4 Å². The van der Waals surface area contributed by atoms with E-state index in [1.165, 1.54) is 0 Å². The second kappa shape index (κ2) is 5.76. The van der Waals surface area contributed by atoms with Crippen molar-refractivity contribution >= 4 is 0 Å². The molecule has 0 amide bonds. The van der Waals surface area contributed by atoms with Crippen LogP contribution in [0.15, 0.2) is 0 Å². The number of aliphatic hydroxyl groups excluding tert-OH is 1. The van der Waals surface area contributed by atoms with Gasteiger partial charge in [-0.15, -0.1) is 10.2 Å². The summed E-state index contributed by atoms with van der Waals surface area (Å²) in [6.07, 6.45) is 0.480. The van der Waals surface area contributed by atoms with Crippen molar-refractivity contribution < 1.29 is 27.1 Å². The van der Waals surface area contributed by atoms with Gasteiger partial charge in [-0.3, -0.25) is 0 Å². The topological polar surface area (TPSA) is 50.9 Å². The van der Waals surface area contributed by atoms with Crippen molar-refractivity contribution in [1.29, 1.82) is 0 Å². The summed E-state index contributed by atoms with van der Waals surface area (Å²) in [6.45, 7) is 1.30. The molecule has 1 heterocycles. The Balaban J connectivity index is 2.76. The van der Waals surface area contributed by atoms with Gasteiger partial charge in [-0.2, -0.15) is 0 Å². The minimum Gasteiger partial charge on any atom is -0.388 e. The number of rotatable bonds is 4. The maximum absolute atomic E-state index is 13.8. The van der Waals surface area contributed by atoms with Gasteiger partial charge < -0.3 is 9.67 Å². The molecule has 0 spiro atoms. The molecule has 0 fully saturated rings. The summed E-state index contributed by atoms with van der Waals surface area (Å²) in [4.78, 5) is 0. The molecule has 9 heteroatoms. The highest BCUT2D eigenvalue weighted by Gasteiger charge is 2.30. The van der Waals surface area contributed by atoms with E-state index in [-0.39, 0.29) is 12.4 Å². The molecular weight excluding hydrogens is 297 g/mol. The van der Waals surface area contributed by atoms with Crippen LogP contribution in [0, 0.1) is 29.1 Å². The Hall–Kier alpha value is -2.03. The number of aromatic nitrogens is 3. The number of nitrogens with zero attached hydrogens (tertiary/aromatic N) is 3. The minimum atomic E-state index is -2.24. The maximum Gasteiger partial charge on any atom is 0.200 e. The van der Waals surface area contributed by atoms with E-state index in [1.807, 2.05) is 0 Å². The zero-order chi connectivity index (χ0) is 15.7. The second-order valence-corrected chi connectivity index (χ2v) is 4.19. The van der Waals surface area contributed by atoms with Crippen molar-refractivity contribution in [1.82, 2.24) is 14.8 Å². The molecule has 0 radical (unpaired) electrons. The summed E-state index contributed by atoms with van der Waals surface area (Å²) in [5, 5.41) is 16.0. The Bertz CT molecular complexity index is 657. The number of benzene rings is 1. The summed E-state index contributed by atoms with van der Waals surface area (Å²) in [5.41, 5.74) is -1.16. The van der Waals surface area contributed by atoms with E-state index in [2.05, 4.69) is 10.2 Å².